The van der Waals surface area contributed by atoms with Crippen LogP contribution in [0.15, 0.2) is 29.1 Å². The van der Waals surface area contributed by atoms with E-state index >= 15 is 0 Å². The Morgan fingerprint density at radius 3 is 2.57 bits per heavy atom. The Balaban J connectivity index is 2.67. The van der Waals surface area contributed by atoms with Crippen LogP contribution in [0, 0.1) is 12.8 Å². The van der Waals surface area contributed by atoms with E-state index in [0.717, 1.165) is 36.3 Å². The fraction of sp³-hybridized carbons (Fsp3) is 0.471. The first-order valence-corrected chi connectivity index (χ1v) is 7.62. The molecule has 2 aromatic rings. The monoisotopic (exact) mass is 287 g/mol. The molecule has 0 atom stereocenters. The van der Waals surface area contributed by atoms with Crippen LogP contribution in [0.1, 0.15) is 38.4 Å². The van der Waals surface area contributed by atoms with E-state index in [1.807, 2.05) is 35.9 Å². The van der Waals surface area contributed by atoms with Gasteiger partial charge in [0.05, 0.1) is 11.4 Å². The molecule has 21 heavy (non-hydrogen) atoms. The van der Waals surface area contributed by atoms with Gasteiger partial charge in [0, 0.05) is 6.54 Å². The fourth-order valence-corrected chi connectivity index (χ4v) is 2.67. The van der Waals surface area contributed by atoms with Gasteiger partial charge in [-0.05, 0) is 43.4 Å². The van der Waals surface area contributed by atoms with Crippen molar-refractivity contribution in [1.82, 2.24) is 9.36 Å². The van der Waals surface area contributed by atoms with Gasteiger partial charge in [0.15, 0.2) is 0 Å². The molecule has 0 spiro atoms. The smallest absolute Gasteiger partial charge is 0.294 e. The minimum Gasteiger partial charge on any atom is -0.393 e. The van der Waals surface area contributed by atoms with Crippen LogP contribution in [0.3, 0.4) is 0 Å². The van der Waals surface area contributed by atoms with Gasteiger partial charge in [0.2, 0.25) is 0 Å². The molecule has 0 fully saturated rings. The summed E-state index contributed by atoms with van der Waals surface area (Å²) in [6, 6.07) is 7.98. The predicted octanol–water partition coefficient (Wildman–Crippen LogP) is 3.14. The van der Waals surface area contributed by atoms with E-state index in [1.54, 1.807) is 4.68 Å². The molecule has 2 N–H and O–H groups in total. The molecular formula is C17H25N3O. The molecule has 4 nitrogen and oxygen atoms in total. The number of benzene rings is 1. The molecule has 0 aliphatic heterocycles. The summed E-state index contributed by atoms with van der Waals surface area (Å²) in [5.74, 6) is 0.461. The average Bonchev–Trinajstić information content (AvgIpc) is 2.64. The number of rotatable bonds is 5. The number of hydrogen-bond acceptors (Lipinski definition) is 2. The van der Waals surface area contributed by atoms with Gasteiger partial charge in [0.1, 0.15) is 5.69 Å². The highest BCUT2D eigenvalue weighted by molar-refractivity contribution is 5.46. The third-order valence-corrected chi connectivity index (χ3v) is 3.57. The summed E-state index contributed by atoms with van der Waals surface area (Å²) in [6.07, 6.45) is 1.78. The molecular weight excluding hydrogens is 262 g/mol. The van der Waals surface area contributed by atoms with Gasteiger partial charge < -0.3 is 5.73 Å². The van der Waals surface area contributed by atoms with E-state index in [1.165, 1.54) is 0 Å². The molecule has 114 valence electrons. The average molecular weight is 287 g/mol. The van der Waals surface area contributed by atoms with E-state index in [2.05, 4.69) is 20.8 Å². The summed E-state index contributed by atoms with van der Waals surface area (Å²) in [4.78, 5) is 12.6. The van der Waals surface area contributed by atoms with Crippen molar-refractivity contribution in [2.75, 3.05) is 5.73 Å². The van der Waals surface area contributed by atoms with Crippen LogP contribution in [-0.2, 0) is 13.0 Å². The highest BCUT2D eigenvalue weighted by atomic mass is 16.1. The first-order chi connectivity index (χ1) is 9.95. The summed E-state index contributed by atoms with van der Waals surface area (Å²) in [5, 5.41) is 0. The SMILES string of the molecule is CCCn1c(CC(C)C)c(N)c(=O)n1-c1cccc(C)c1. The number of nitrogen functional groups attached to an aromatic ring is 1. The van der Waals surface area contributed by atoms with E-state index in [4.69, 9.17) is 5.73 Å². The van der Waals surface area contributed by atoms with E-state index in [0.29, 0.717) is 11.6 Å². The Labute approximate surface area is 126 Å². The van der Waals surface area contributed by atoms with E-state index < -0.39 is 0 Å². The predicted molar refractivity (Wildman–Crippen MR) is 88.0 cm³/mol. The zero-order chi connectivity index (χ0) is 15.6. The minimum atomic E-state index is -0.107. The summed E-state index contributed by atoms with van der Waals surface area (Å²) >= 11 is 0. The third-order valence-electron chi connectivity index (χ3n) is 3.57. The second-order valence-electron chi connectivity index (χ2n) is 6.04. The van der Waals surface area contributed by atoms with Crippen LogP contribution < -0.4 is 11.3 Å². The standard InChI is InChI=1S/C17H25N3O/c1-5-9-19-15(10-12(2)3)16(18)17(21)20(19)14-8-6-7-13(4)11-14/h6-8,11-12H,5,9-10,18H2,1-4H3. The van der Waals surface area contributed by atoms with Crippen molar-refractivity contribution >= 4 is 5.69 Å². The fourth-order valence-electron chi connectivity index (χ4n) is 2.67. The molecule has 0 aliphatic rings. The molecule has 0 bridgehead atoms. The van der Waals surface area contributed by atoms with Gasteiger partial charge in [-0.1, -0.05) is 32.9 Å². The molecule has 0 aliphatic carbocycles. The van der Waals surface area contributed by atoms with Gasteiger partial charge in [-0.25, -0.2) is 4.68 Å². The Morgan fingerprint density at radius 2 is 2.00 bits per heavy atom. The molecule has 0 saturated carbocycles. The lowest BCUT2D eigenvalue weighted by Crippen LogP contribution is -2.22. The number of nitrogens with two attached hydrogens (primary N) is 1. The highest BCUT2D eigenvalue weighted by Crippen LogP contribution is 2.18. The highest BCUT2D eigenvalue weighted by Gasteiger charge is 2.19. The molecule has 0 saturated heterocycles. The number of anilines is 1. The van der Waals surface area contributed by atoms with Gasteiger partial charge in [-0.15, -0.1) is 0 Å². The zero-order valence-electron chi connectivity index (χ0n) is 13.4. The van der Waals surface area contributed by atoms with Gasteiger partial charge in [-0.2, -0.15) is 0 Å². The first-order valence-electron chi connectivity index (χ1n) is 7.62. The maximum Gasteiger partial charge on any atom is 0.294 e. The van der Waals surface area contributed by atoms with Crippen LogP contribution in [0.25, 0.3) is 5.69 Å². The van der Waals surface area contributed by atoms with Crippen molar-refractivity contribution in [3.63, 3.8) is 0 Å². The Bertz CT molecular complexity index is 680. The van der Waals surface area contributed by atoms with Crippen molar-refractivity contribution in [3.05, 3.63) is 45.9 Å². The van der Waals surface area contributed by atoms with E-state index in [9.17, 15) is 4.79 Å². The van der Waals surface area contributed by atoms with Crippen LogP contribution in [0.4, 0.5) is 5.69 Å². The topological polar surface area (TPSA) is 52.9 Å². The van der Waals surface area contributed by atoms with E-state index in [-0.39, 0.29) is 5.56 Å². The molecule has 4 heteroatoms. The maximum absolute atomic E-state index is 12.6. The lowest BCUT2D eigenvalue weighted by atomic mass is 10.1. The zero-order valence-corrected chi connectivity index (χ0v) is 13.4. The van der Waals surface area contributed by atoms with Crippen LogP contribution in [0.5, 0.6) is 0 Å². The number of aromatic nitrogens is 2. The quantitative estimate of drug-likeness (QED) is 0.918. The summed E-state index contributed by atoms with van der Waals surface area (Å²) in [5.41, 5.74) is 9.36. The van der Waals surface area contributed by atoms with Crippen LogP contribution in [0.2, 0.25) is 0 Å². The first kappa shape index (κ1) is 15.4. The second-order valence-corrected chi connectivity index (χ2v) is 6.04. The van der Waals surface area contributed by atoms with Crippen LogP contribution in [-0.4, -0.2) is 9.36 Å². The van der Waals surface area contributed by atoms with Crippen molar-refractivity contribution in [2.45, 2.75) is 47.1 Å². The molecule has 0 unspecified atom stereocenters. The van der Waals surface area contributed by atoms with Gasteiger partial charge in [-0.3, -0.25) is 9.48 Å². The largest absolute Gasteiger partial charge is 0.393 e. The van der Waals surface area contributed by atoms with Crippen molar-refractivity contribution < 1.29 is 0 Å². The molecule has 1 aromatic carbocycles. The van der Waals surface area contributed by atoms with Crippen molar-refractivity contribution in [2.24, 2.45) is 5.92 Å². The summed E-state index contributed by atoms with van der Waals surface area (Å²) < 4.78 is 3.77. The molecule has 0 amide bonds. The molecule has 1 heterocycles. The minimum absolute atomic E-state index is 0.107. The molecule has 0 radical (unpaired) electrons. The number of aryl methyl sites for hydroxylation is 1. The Morgan fingerprint density at radius 1 is 1.29 bits per heavy atom. The number of hydrogen-bond donors (Lipinski definition) is 1. The normalized spacial score (nSPS) is 11.3. The molecule has 2 rings (SSSR count). The van der Waals surface area contributed by atoms with Gasteiger partial charge >= 0.3 is 0 Å². The summed E-state index contributed by atoms with van der Waals surface area (Å²) in [7, 11) is 0. The second kappa shape index (κ2) is 6.20. The lowest BCUT2D eigenvalue weighted by Gasteiger charge is -2.15. The van der Waals surface area contributed by atoms with Crippen molar-refractivity contribution in [3.8, 4) is 5.69 Å². The lowest BCUT2D eigenvalue weighted by molar-refractivity contribution is 0.494. The Hall–Kier alpha value is -1.97. The molecule has 1 aromatic heterocycles. The third kappa shape index (κ3) is 3.04. The van der Waals surface area contributed by atoms with Crippen molar-refractivity contribution in [1.29, 1.82) is 0 Å². The Kier molecular flexibility index (Phi) is 4.56. The maximum atomic E-state index is 12.6. The summed E-state index contributed by atoms with van der Waals surface area (Å²) in [6.45, 7) is 9.22. The number of nitrogens with zero attached hydrogens (tertiary/aromatic N) is 2. The van der Waals surface area contributed by atoms with Gasteiger partial charge in [0.25, 0.3) is 5.56 Å². The van der Waals surface area contributed by atoms with Crippen LogP contribution >= 0.6 is 0 Å².